The molecule has 0 saturated carbocycles. The van der Waals surface area contributed by atoms with Gasteiger partial charge in [-0.1, -0.05) is 29.5 Å². The molecule has 0 N–H and O–H groups in total. The van der Waals surface area contributed by atoms with Gasteiger partial charge in [0.1, 0.15) is 10.8 Å². The summed E-state index contributed by atoms with van der Waals surface area (Å²) in [6.45, 7) is 0.844. The number of nitrogens with zero attached hydrogens (tertiary/aromatic N) is 4. The van der Waals surface area contributed by atoms with Crippen LogP contribution < -0.4 is 9.64 Å². The zero-order chi connectivity index (χ0) is 19.8. The number of aromatic nitrogens is 3. The first-order valence-corrected chi connectivity index (χ1v) is 9.69. The summed E-state index contributed by atoms with van der Waals surface area (Å²) >= 11 is 1.38. The Morgan fingerprint density at radius 2 is 1.89 bits per heavy atom. The number of aryl methyl sites for hydroxylation is 1. The topological polar surface area (TPSA) is 77.4 Å². The maximum absolute atomic E-state index is 12.9. The molecule has 2 heterocycles. The van der Waals surface area contributed by atoms with Gasteiger partial charge in [0.25, 0.3) is 0 Å². The van der Waals surface area contributed by atoms with E-state index in [2.05, 4.69) is 15.2 Å². The summed E-state index contributed by atoms with van der Waals surface area (Å²) < 4.78 is 10.5. The molecule has 0 aliphatic carbocycles. The molecule has 2 aromatic heterocycles. The van der Waals surface area contributed by atoms with Crippen LogP contribution in [0.2, 0.25) is 0 Å². The second kappa shape index (κ2) is 9.91. The molecule has 0 radical (unpaired) electrons. The van der Waals surface area contributed by atoms with Crippen LogP contribution in [-0.4, -0.2) is 48.5 Å². The van der Waals surface area contributed by atoms with Crippen molar-refractivity contribution in [3.05, 3.63) is 54.4 Å². The summed E-state index contributed by atoms with van der Waals surface area (Å²) in [5, 5.41) is 9.77. The Hall–Kier alpha value is -2.84. The summed E-state index contributed by atoms with van der Waals surface area (Å²) in [5.74, 6) is 0.759. The van der Waals surface area contributed by atoms with Gasteiger partial charge in [-0.3, -0.25) is 14.7 Å². The summed E-state index contributed by atoms with van der Waals surface area (Å²) in [6, 6.07) is 11.5. The summed E-state index contributed by atoms with van der Waals surface area (Å²) in [6.07, 6.45) is 4.34. The van der Waals surface area contributed by atoms with Gasteiger partial charge in [0.15, 0.2) is 0 Å². The quantitative estimate of drug-likeness (QED) is 0.551. The smallest absolute Gasteiger partial charge is 0.229 e. The van der Waals surface area contributed by atoms with Crippen molar-refractivity contribution in [1.29, 1.82) is 0 Å². The number of para-hydroxylation sites is 1. The van der Waals surface area contributed by atoms with E-state index >= 15 is 0 Å². The lowest BCUT2D eigenvalue weighted by atomic mass is 10.1. The van der Waals surface area contributed by atoms with Crippen molar-refractivity contribution in [2.75, 3.05) is 32.3 Å². The fourth-order valence-electron chi connectivity index (χ4n) is 2.73. The molecule has 1 aromatic carbocycles. The van der Waals surface area contributed by atoms with Crippen LogP contribution in [0.4, 0.5) is 5.13 Å². The van der Waals surface area contributed by atoms with Crippen molar-refractivity contribution in [2.45, 2.75) is 12.8 Å². The van der Waals surface area contributed by atoms with Gasteiger partial charge in [-0.2, -0.15) is 0 Å². The van der Waals surface area contributed by atoms with Gasteiger partial charge in [0.2, 0.25) is 11.0 Å². The van der Waals surface area contributed by atoms with E-state index in [-0.39, 0.29) is 5.91 Å². The van der Waals surface area contributed by atoms with Gasteiger partial charge in [-0.05, 0) is 30.2 Å². The number of rotatable bonds is 9. The summed E-state index contributed by atoms with van der Waals surface area (Å²) in [7, 11) is 3.24. The van der Waals surface area contributed by atoms with Crippen molar-refractivity contribution in [2.24, 2.45) is 0 Å². The maximum atomic E-state index is 12.9. The second-order valence-corrected chi connectivity index (χ2v) is 6.93. The molecule has 0 atom stereocenters. The molecule has 0 unspecified atom stereocenters. The lowest BCUT2D eigenvalue weighted by Crippen LogP contribution is -2.34. The van der Waals surface area contributed by atoms with Gasteiger partial charge >= 0.3 is 0 Å². The molecule has 3 aromatic rings. The average Bonchev–Trinajstić information content (AvgIpc) is 3.23. The lowest BCUT2D eigenvalue weighted by molar-refractivity contribution is -0.118. The Bertz CT molecular complexity index is 901. The molecular formula is C20H22N4O3S. The molecule has 28 heavy (non-hydrogen) atoms. The van der Waals surface area contributed by atoms with E-state index in [0.717, 1.165) is 21.9 Å². The van der Waals surface area contributed by atoms with Crippen molar-refractivity contribution < 1.29 is 14.3 Å². The second-order valence-electron chi connectivity index (χ2n) is 5.98. The highest BCUT2D eigenvalue weighted by Crippen LogP contribution is 2.29. The van der Waals surface area contributed by atoms with E-state index in [0.29, 0.717) is 31.1 Å². The number of carbonyl (C=O) groups is 1. The first-order valence-electron chi connectivity index (χ1n) is 8.88. The van der Waals surface area contributed by atoms with Crippen molar-refractivity contribution in [1.82, 2.24) is 15.2 Å². The average molecular weight is 398 g/mol. The van der Waals surface area contributed by atoms with E-state index in [9.17, 15) is 4.79 Å². The van der Waals surface area contributed by atoms with E-state index < -0.39 is 0 Å². The predicted octanol–water partition coefficient (Wildman–Crippen LogP) is 3.22. The number of hydrogen-bond donors (Lipinski definition) is 0. The lowest BCUT2D eigenvalue weighted by Gasteiger charge is -2.19. The van der Waals surface area contributed by atoms with Gasteiger partial charge < -0.3 is 9.47 Å². The molecule has 0 saturated heterocycles. The zero-order valence-corrected chi connectivity index (χ0v) is 16.7. The van der Waals surface area contributed by atoms with Gasteiger partial charge in [-0.25, -0.2) is 0 Å². The van der Waals surface area contributed by atoms with Crippen LogP contribution in [0.25, 0.3) is 10.6 Å². The molecule has 7 nitrogen and oxygen atoms in total. The fourth-order valence-corrected chi connectivity index (χ4v) is 3.62. The van der Waals surface area contributed by atoms with E-state index in [1.807, 2.05) is 36.4 Å². The number of methoxy groups -OCH3 is 2. The third-order valence-electron chi connectivity index (χ3n) is 4.19. The monoisotopic (exact) mass is 398 g/mol. The van der Waals surface area contributed by atoms with E-state index in [1.165, 1.54) is 11.3 Å². The number of hydrogen-bond acceptors (Lipinski definition) is 7. The number of pyridine rings is 1. The van der Waals surface area contributed by atoms with Crippen LogP contribution in [0.3, 0.4) is 0 Å². The number of amides is 1. The minimum Gasteiger partial charge on any atom is -0.496 e. The van der Waals surface area contributed by atoms with Gasteiger partial charge in [0.05, 0.1) is 20.3 Å². The summed E-state index contributed by atoms with van der Waals surface area (Å²) in [4.78, 5) is 18.6. The summed E-state index contributed by atoms with van der Waals surface area (Å²) in [5.41, 5.74) is 1.92. The molecule has 8 heteroatoms. The van der Waals surface area contributed by atoms with E-state index in [4.69, 9.17) is 9.47 Å². The third kappa shape index (κ3) is 4.90. The molecule has 146 valence electrons. The molecule has 1 amide bonds. The third-order valence-corrected chi connectivity index (χ3v) is 5.19. The van der Waals surface area contributed by atoms with Crippen molar-refractivity contribution in [3.63, 3.8) is 0 Å². The van der Waals surface area contributed by atoms with Crippen LogP contribution >= 0.6 is 11.3 Å². The number of carbonyl (C=O) groups excluding carboxylic acids is 1. The number of anilines is 1. The number of benzene rings is 1. The molecule has 0 bridgehead atoms. The molecule has 3 rings (SSSR count). The molecule has 0 aliphatic heterocycles. The van der Waals surface area contributed by atoms with Crippen LogP contribution in [-0.2, 0) is 16.0 Å². The van der Waals surface area contributed by atoms with E-state index in [1.54, 1.807) is 31.5 Å². The maximum Gasteiger partial charge on any atom is 0.229 e. The minimum absolute atomic E-state index is 0.0274. The highest BCUT2D eigenvalue weighted by Gasteiger charge is 2.20. The number of ether oxygens (including phenoxy) is 2. The normalized spacial score (nSPS) is 10.6. The highest BCUT2D eigenvalue weighted by molar-refractivity contribution is 7.18. The molecule has 0 aliphatic rings. The zero-order valence-electron chi connectivity index (χ0n) is 15.9. The molecule has 0 spiro atoms. The largest absolute Gasteiger partial charge is 0.496 e. The fraction of sp³-hybridized carbons (Fsp3) is 0.300. The van der Waals surface area contributed by atoms with Crippen LogP contribution in [0.15, 0.2) is 48.8 Å². The molecular weight excluding hydrogens is 376 g/mol. The Balaban J connectivity index is 1.74. The highest BCUT2D eigenvalue weighted by atomic mass is 32.1. The Kier molecular flexibility index (Phi) is 7.05. The van der Waals surface area contributed by atoms with Crippen LogP contribution in [0.1, 0.15) is 12.0 Å². The molecule has 0 fully saturated rings. The first kappa shape index (κ1) is 19.9. The minimum atomic E-state index is -0.0274. The Morgan fingerprint density at radius 3 is 2.64 bits per heavy atom. The Morgan fingerprint density at radius 1 is 1.11 bits per heavy atom. The van der Waals surface area contributed by atoms with Crippen LogP contribution in [0, 0.1) is 0 Å². The Labute approximate surface area is 168 Å². The van der Waals surface area contributed by atoms with Gasteiger partial charge in [0, 0.05) is 31.5 Å². The first-order chi connectivity index (χ1) is 13.7. The van der Waals surface area contributed by atoms with Crippen molar-refractivity contribution in [3.8, 4) is 16.3 Å². The predicted molar refractivity (Wildman–Crippen MR) is 109 cm³/mol. The van der Waals surface area contributed by atoms with Gasteiger partial charge in [-0.15, -0.1) is 10.2 Å². The standard InChI is InChI=1S/C20H22N4O3S/c1-26-14-13-24(18(25)8-7-15-5-3-4-6-17(15)27-2)20-23-22-19(28-20)16-9-11-21-12-10-16/h3-6,9-12H,7-8,13-14H2,1-2H3. The SMILES string of the molecule is COCCN(C(=O)CCc1ccccc1OC)c1nnc(-c2ccncc2)s1. The van der Waals surface area contributed by atoms with Crippen LogP contribution in [0.5, 0.6) is 5.75 Å². The van der Waals surface area contributed by atoms with Crippen molar-refractivity contribution >= 4 is 22.4 Å².